The van der Waals surface area contributed by atoms with Crippen molar-refractivity contribution in [3.8, 4) is 11.5 Å². The monoisotopic (exact) mass is 402 g/mol. The van der Waals surface area contributed by atoms with Gasteiger partial charge in [0.05, 0.1) is 11.5 Å². The number of nitro benzene ring substituents is 1. The number of carbonyl (C=O) groups excluding carboxylic acids is 2. The molecule has 0 saturated heterocycles. The summed E-state index contributed by atoms with van der Waals surface area (Å²) in [6, 6.07) is 11.3. The highest BCUT2D eigenvalue weighted by Crippen LogP contribution is 2.28. The maximum Gasteiger partial charge on any atom is 0.344 e. The van der Waals surface area contributed by atoms with Gasteiger partial charge in [0, 0.05) is 6.07 Å². The summed E-state index contributed by atoms with van der Waals surface area (Å²) < 4.78 is 15.8. The lowest BCUT2D eigenvalue weighted by atomic mass is 10.1. The highest BCUT2D eigenvalue weighted by atomic mass is 16.6. The van der Waals surface area contributed by atoms with E-state index in [0.29, 0.717) is 23.7 Å². The Hall–Kier alpha value is -3.62. The quantitative estimate of drug-likeness (QED) is 0.368. The average Bonchev–Trinajstić information content (AvgIpc) is 2.71. The number of hydrogen-bond donors (Lipinski definition) is 1. The Morgan fingerprint density at radius 1 is 1.03 bits per heavy atom. The second-order valence-electron chi connectivity index (χ2n) is 6.02. The van der Waals surface area contributed by atoms with Gasteiger partial charge in [-0.2, -0.15) is 0 Å². The highest BCUT2D eigenvalue weighted by Gasteiger charge is 2.18. The van der Waals surface area contributed by atoms with Gasteiger partial charge in [0.1, 0.15) is 5.69 Å². The number of rotatable bonds is 10. The van der Waals surface area contributed by atoms with Crippen molar-refractivity contribution in [3.05, 3.63) is 58.1 Å². The molecule has 2 rings (SSSR count). The van der Waals surface area contributed by atoms with Crippen molar-refractivity contribution in [1.29, 1.82) is 0 Å². The minimum Gasteiger partial charge on any atom is -0.490 e. The van der Waals surface area contributed by atoms with Crippen LogP contribution in [0.2, 0.25) is 0 Å². The molecule has 0 bridgehead atoms. The Balaban J connectivity index is 1.86. The number of esters is 1. The SMILES string of the molecule is CCCOc1ccccc1OCC(=O)OCC(=O)Nc1c(C)cccc1[N+](=O)[O-]. The summed E-state index contributed by atoms with van der Waals surface area (Å²) in [6.45, 7) is 3.10. The molecule has 0 fully saturated rings. The first-order valence-electron chi connectivity index (χ1n) is 8.96. The summed E-state index contributed by atoms with van der Waals surface area (Å²) in [7, 11) is 0. The lowest BCUT2D eigenvalue weighted by molar-refractivity contribution is -0.384. The Bertz CT molecular complexity index is 883. The van der Waals surface area contributed by atoms with Gasteiger partial charge in [0.2, 0.25) is 0 Å². The molecule has 0 aliphatic rings. The van der Waals surface area contributed by atoms with Gasteiger partial charge in [-0.05, 0) is 31.0 Å². The number of benzene rings is 2. The number of carbonyl (C=O) groups is 2. The zero-order chi connectivity index (χ0) is 21.2. The minimum atomic E-state index is -0.760. The number of nitrogens with zero attached hydrogens (tertiary/aromatic N) is 1. The van der Waals surface area contributed by atoms with Gasteiger partial charge in [-0.3, -0.25) is 14.9 Å². The smallest absolute Gasteiger partial charge is 0.344 e. The third-order valence-electron chi connectivity index (χ3n) is 3.73. The van der Waals surface area contributed by atoms with Crippen LogP contribution in [-0.4, -0.2) is 36.6 Å². The van der Waals surface area contributed by atoms with Crippen LogP contribution in [0.1, 0.15) is 18.9 Å². The molecule has 2 aromatic rings. The largest absolute Gasteiger partial charge is 0.490 e. The van der Waals surface area contributed by atoms with Crippen LogP contribution in [-0.2, 0) is 14.3 Å². The first-order chi connectivity index (χ1) is 13.9. The fourth-order valence-electron chi connectivity index (χ4n) is 2.37. The van der Waals surface area contributed by atoms with Crippen molar-refractivity contribution in [3.63, 3.8) is 0 Å². The van der Waals surface area contributed by atoms with Crippen LogP contribution in [0.15, 0.2) is 42.5 Å². The molecule has 0 aliphatic heterocycles. The topological polar surface area (TPSA) is 117 Å². The van der Waals surface area contributed by atoms with Crippen molar-refractivity contribution in [1.82, 2.24) is 0 Å². The molecule has 0 radical (unpaired) electrons. The molecule has 0 heterocycles. The van der Waals surface area contributed by atoms with E-state index in [4.69, 9.17) is 14.2 Å². The first kappa shape index (κ1) is 21.7. The van der Waals surface area contributed by atoms with Crippen molar-refractivity contribution in [2.75, 3.05) is 25.1 Å². The van der Waals surface area contributed by atoms with Crippen LogP contribution < -0.4 is 14.8 Å². The van der Waals surface area contributed by atoms with Crippen LogP contribution in [0.4, 0.5) is 11.4 Å². The fourth-order valence-corrected chi connectivity index (χ4v) is 2.37. The molecule has 0 unspecified atom stereocenters. The van der Waals surface area contributed by atoms with E-state index >= 15 is 0 Å². The zero-order valence-corrected chi connectivity index (χ0v) is 16.2. The lowest BCUT2D eigenvalue weighted by Gasteiger charge is -2.12. The standard InChI is InChI=1S/C20H22N2O7/c1-3-11-27-16-9-4-5-10-17(16)28-13-19(24)29-12-18(23)21-20-14(2)7-6-8-15(20)22(25)26/h4-10H,3,11-13H2,1-2H3,(H,21,23). The molecule has 154 valence electrons. The number of aryl methyl sites for hydroxylation is 1. The molecule has 9 heteroatoms. The van der Waals surface area contributed by atoms with E-state index in [1.54, 1.807) is 37.3 Å². The van der Waals surface area contributed by atoms with Crippen molar-refractivity contribution in [2.24, 2.45) is 0 Å². The summed E-state index contributed by atoms with van der Waals surface area (Å²) in [5.74, 6) is -0.559. The Labute approximate surface area is 167 Å². The molecular formula is C20H22N2O7. The molecule has 29 heavy (non-hydrogen) atoms. The van der Waals surface area contributed by atoms with E-state index < -0.39 is 30.0 Å². The van der Waals surface area contributed by atoms with Crippen LogP contribution in [0.25, 0.3) is 0 Å². The van der Waals surface area contributed by atoms with Crippen molar-refractivity contribution in [2.45, 2.75) is 20.3 Å². The minimum absolute atomic E-state index is 0.0665. The van der Waals surface area contributed by atoms with Crippen molar-refractivity contribution < 1.29 is 28.7 Å². The summed E-state index contributed by atoms with van der Waals surface area (Å²) in [6.07, 6.45) is 0.824. The number of para-hydroxylation sites is 3. The lowest BCUT2D eigenvalue weighted by Crippen LogP contribution is -2.24. The highest BCUT2D eigenvalue weighted by molar-refractivity contribution is 5.95. The van der Waals surface area contributed by atoms with Gasteiger partial charge in [0.25, 0.3) is 11.6 Å². The van der Waals surface area contributed by atoms with Gasteiger partial charge >= 0.3 is 5.97 Å². The number of ether oxygens (including phenoxy) is 3. The maximum atomic E-state index is 12.0. The van der Waals surface area contributed by atoms with Gasteiger partial charge in [0.15, 0.2) is 24.7 Å². The first-order valence-corrected chi connectivity index (χ1v) is 8.96. The van der Waals surface area contributed by atoms with E-state index in [0.717, 1.165) is 6.42 Å². The van der Waals surface area contributed by atoms with E-state index in [1.807, 2.05) is 6.92 Å². The summed E-state index contributed by atoms with van der Waals surface area (Å²) >= 11 is 0. The van der Waals surface area contributed by atoms with Gasteiger partial charge in [-0.25, -0.2) is 4.79 Å². The fraction of sp³-hybridized carbons (Fsp3) is 0.300. The zero-order valence-electron chi connectivity index (χ0n) is 16.2. The van der Waals surface area contributed by atoms with Crippen LogP contribution in [0.5, 0.6) is 11.5 Å². The Morgan fingerprint density at radius 3 is 2.38 bits per heavy atom. The van der Waals surface area contributed by atoms with E-state index in [2.05, 4.69) is 5.32 Å². The summed E-state index contributed by atoms with van der Waals surface area (Å²) in [5, 5.41) is 13.5. The number of hydrogen-bond acceptors (Lipinski definition) is 7. The Kier molecular flexibility index (Phi) is 7.96. The maximum absolute atomic E-state index is 12.0. The number of nitrogens with one attached hydrogen (secondary N) is 1. The van der Waals surface area contributed by atoms with Crippen LogP contribution in [0, 0.1) is 17.0 Å². The number of amides is 1. The molecular weight excluding hydrogens is 380 g/mol. The summed E-state index contributed by atoms with van der Waals surface area (Å²) in [5.41, 5.74) is 0.347. The number of anilines is 1. The van der Waals surface area contributed by atoms with E-state index in [1.165, 1.54) is 12.1 Å². The molecule has 0 saturated carbocycles. The van der Waals surface area contributed by atoms with E-state index in [9.17, 15) is 19.7 Å². The second-order valence-corrected chi connectivity index (χ2v) is 6.02. The average molecular weight is 402 g/mol. The Morgan fingerprint density at radius 2 is 1.72 bits per heavy atom. The predicted octanol–water partition coefficient (Wildman–Crippen LogP) is 3.25. The van der Waals surface area contributed by atoms with Crippen LogP contribution in [0.3, 0.4) is 0 Å². The van der Waals surface area contributed by atoms with Gasteiger partial charge in [-0.15, -0.1) is 0 Å². The normalized spacial score (nSPS) is 10.1. The molecule has 0 spiro atoms. The van der Waals surface area contributed by atoms with Crippen molar-refractivity contribution >= 4 is 23.3 Å². The molecule has 0 atom stereocenters. The third kappa shape index (κ3) is 6.49. The molecule has 2 aromatic carbocycles. The molecule has 1 amide bonds. The third-order valence-corrected chi connectivity index (χ3v) is 3.73. The van der Waals surface area contributed by atoms with Crippen LogP contribution >= 0.6 is 0 Å². The summed E-state index contributed by atoms with van der Waals surface area (Å²) in [4.78, 5) is 34.4. The molecule has 1 N–H and O–H groups in total. The molecule has 0 aromatic heterocycles. The van der Waals surface area contributed by atoms with Gasteiger partial charge < -0.3 is 19.5 Å². The molecule has 9 nitrogen and oxygen atoms in total. The van der Waals surface area contributed by atoms with E-state index in [-0.39, 0.29) is 11.4 Å². The number of nitro groups is 1. The molecule has 0 aliphatic carbocycles. The predicted molar refractivity (Wildman–Crippen MR) is 105 cm³/mol. The van der Waals surface area contributed by atoms with Gasteiger partial charge in [-0.1, -0.05) is 31.2 Å². The second kappa shape index (κ2) is 10.6.